The minimum atomic E-state index is 0.892. The molecule has 0 radical (unpaired) electrons. The van der Waals surface area contributed by atoms with Crippen LogP contribution in [-0.2, 0) is 12.8 Å². The fourth-order valence-electron chi connectivity index (χ4n) is 1.13. The lowest BCUT2D eigenvalue weighted by molar-refractivity contribution is 0.381. The van der Waals surface area contributed by atoms with Crippen LogP contribution in [0.2, 0.25) is 0 Å². The number of aromatic nitrogens is 1. The zero-order valence-corrected chi connectivity index (χ0v) is 7.27. The standard InChI is InChI=1S/C8H14N2O/c1-4-6-8(9-3)7(5-2)11-10-6/h9H,4-5H2,1-3H3. The summed E-state index contributed by atoms with van der Waals surface area (Å²) in [5.41, 5.74) is 2.08. The molecule has 0 spiro atoms. The molecule has 1 aromatic heterocycles. The van der Waals surface area contributed by atoms with Crippen LogP contribution in [-0.4, -0.2) is 12.2 Å². The number of anilines is 1. The van der Waals surface area contributed by atoms with Crippen LogP contribution in [0.15, 0.2) is 4.52 Å². The summed E-state index contributed by atoms with van der Waals surface area (Å²) in [6, 6.07) is 0. The van der Waals surface area contributed by atoms with Crippen LogP contribution in [0, 0.1) is 0 Å². The number of rotatable bonds is 3. The van der Waals surface area contributed by atoms with Crippen molar-refractivity contribution in [2.75, 3.05) is 12.4 Å². The highest BCUT2D eigenvalue weighted by molar-refractivity contribution is 5.50. The topological polar surface area (TPSA) is 38.1 Å². The zero-order valence-electron chi connectivity index (χ0n) is 7.27. The van der Waals surface area contributed by atoms with Crippen LogP contribution in [0.3, 0.4) is 0 Å². The van der Waals surface area contributed by atoms with Crippen molar-refractivity contribution in [1.82, 2.24) is 5.16 Å². The largest absolute Gasteiger partial charge is 0.384 e. The lowest BCUT2D eigenvalue weighted by atomic mass is 10.2. The van der Waals surface area contributed by atoms with Crippen LogP contribution in [0.5, 0.6) is 0 Å². The van der Waals surface area contributed by atoms with Crippen molar-refractivity contribution in [1.29, 1.82) is 0 Å². The van der Waals surface area contributed by atoms with E-state index >= 15 is 0 Å². The molecule has 0 atom stereocenters. The summed E-state index contributed by atoms with van der Waals surface area (Å²) >= 11 is 0. The lowest BCUT2D eigenvalue weighted by Crippen LogP contribution is -1.94. The molecule has 1 heterocycles. The highest BCUT2D eigenvalue weighted by Crippen LogP contribution is 2.20. The minimum Gasteiger partial charge on any atom is -0.384 e. The fourth-order valence-corrected chi connectivity index (χ4v) is 1.13. The third-order valence-electron chi connectivity index (χ3n) is 1.74. The molecule has 1 rings (SSSR count). The van der Waals surface area contributed by atoms with Gasteiger partial charge in [-0.1, -0.05) is 19.0 Å². The molecular formula is C8H14N2O. The highest BCUT2D eigenvalue weighted by atomic mass is 16.5. The molecule has 0 amide bonds. The summed E-state index contributed by atoms with van der Waals surface area (Å²) in [7, 11) is 1.89. The molecule has 0 fully saturated rings. The molecule has 0 aliphatic carbocycles. The Morgan fingerprint density at radius 1 is 1.36 bits per heavy atom. The van der Waals surface area contributed by atoms with Crippen LogP contribution in [0.1, 0.15) is 25.3 Å². The molecular weight excluding hydrogens is 140 g/mol. The molecule has 0 bridgehead atoms. The average molecular weight is 154 g/mol. The Balaban J connectivity index is 2.99. The second-order valence-corrected chi connectivity index (χ2v) is 2.38. The van der Waals surface area contributed by atoms with Crippen LogP contribution < -0.4 is 5.32 Å². The molecule has 1 aromatic rings. The van der Waals surface area contributed by atoms with E-state index in [1.807, 2.05) is 7.05 Å². The summed E-state index contributed by atoms with van der Waals surface area (Å²) < 4.78 is 5.11. The Bertz CT molecular complexity index is 208. The minimum absolute atomic E-state index is 0.892. The van der Waals surface area contributed by atoms with Gasteiger partial charge in [-0.15, -0.1) is 0 Å². The van der Waals surface area contributed by atoms with Gasteiger partial charge in [0.1, 0.15) is 11.4 Å². The van der Waals surface area contributed by atoms with Crippen molar-refractivity contribution >= 4 is 5.69 Å². The number of hydrogen-bond donors (Lipinski definition) is 1. The van der Waals surface area contributed by atoms with E-state index in [0.717, 1.165) is 30.0 Å². The molecule has 11 heavy (non-hydrogen) atoms. The van der Waals surface area contributed by atoms with E-state index in [1.165, 1.54) is 0 Å². The quantitative estimate of drug-likeness (QED) is 0.722. The zero-order chi connectivity index (χ0) is 8.27. The van der Waals surface area contributed by atoms with Gasteiger partial charge < -0.3 is 9.84 Å². The van der Waals surface area contributed by atoms with Gasteiger partial charge in [-0.2, -0.15) is 0 Å². The van der Waals surface area contributed by atoms with Crippen molar-refractivity contribution in [3.63, 3.8) is 0 Å². The van der Waals surface area contributed by atoms with Crippen molar-refractivity contribution < 1.29 is 4.52 Å². The molecule has 62 valence electrons. The Kier molecular flexibility index (Phi) is 2.52. The number of aryl methyl sites for hydroxylation is 2. The van der Waals surface area contributed by atoms with Gasteiger partial charge in [0.05, 0.1) is 0 Å². The fraction of sp³-hybridized carbons (Fsp3) is 0.625. The second kappa shape index (κ2) is 3.42. The van der Waals surface area contributed by atoms with Crippen molar-refractivity contribution in [2.24, 2.45) is 0 Å². The van der Waals surface area contributed by atoms with E-state index in [-0.39, 0.29) is 0 Å². The van der Waals surface area contributed by atoms with Crippen LogP contribution in [0.25, 0.3) is 0 Å². The predicted octanol–water partition coefficient (Wildman–Crippen LogP) is 1.84. The first-order valence-electron chi connectivity index (χ1n) is 3.98. The molecule has 0 saturated carbocycles. The molecule has 3 nitrogen and oxygen atoms in total. The van der Waals surface area contributed by atoms with Gasteiger partial charge >= 0.3 is 0 Å². The van der Waals surface area contributed by atoms with Gasteiger partial charge in [0.15, 0.2) is 5.76 Å². The SMILES string of the molecule is CCc1noc(CC)c1NC. The van der Waals surface area contributed by atoms with E-state index in [1.54, 1.807) is 0 Å². The summed E-state index contributed by atoms with van der Waals surface area (Å²) in [4.78, 5) is 0. The lowest BCUT2D eigenvalue weighted by Gasteiger charge is -1.97. The van der Waals surface area contributed by atoms with Crippen LogP contribution in [0.4, 0.5) is 5.69 Å². The summed E-state index contributed by atoms with van der Waals surface area (Å²) in [6.45, 7) is 4.12. The van der Waals surface area contributed by atoms with Gasteiger partial charge in [0, 0.05) is 13.5 Å². The Hall–Kier alpha value is -0.990. The number of nitrogens with zero attached hydrogens (tertiary/aromatic N) is 1. The first-order valence-corrected chi connectivity index (χ1v) is 3.98. The van der Waals surface area contributed by atoms with Gasteiger partial charge in [0.2, 0.25) is 0 Å². The van der Waals surface area contributed by atoms with E-state index < -0.39 is 0 Å². The van der Waals surface area contributed by atoms with Crippen LogP contribution >= 0.6 is 0 Å². The maximum Gasteiger partial charge on any atom is 0.159 e. The van der Waals surface area contributed by atoms with Gasteiger partial charge in [-0.05, 0) is 6.42 Å². The summed E-state index contributed by atoms with van der Waals surface area (Å²) in [5.74, 6) is 0.948. The predicted molar refractivity (Wildman–Crippen MR) is 44.8 cm³/mol. The first kappa shape index (κ1) is 8.11. The normalized spacial score (nSPS) is 10.1. The van der Waals surface area contributed by atoms with E-state index in [2.05, 4.69) is 24.3 Å². The monoisotopic (exact) mass is 154 g/mol. The summed E-state index contributed by atoms with van der Waals surface area (Å²) in [5, 5.41) is 7.03. The molecule has 0 unspecified atom stereocenters. The Labute approximate surface area is 66.8 Å². The maximum atomic E-state index is 5.11. The first-order chi connectivity index (χ1) is 5.33. The van der Waals surface area contributed by atoms with Crippen molar-refractivity contribution in [3.05, 3.63) is 11.5 Å². The molecule has 0 aliphatic rings. The third kappa shape index (κ3) is 1.37. The van der Waals surface area contributed by atoms with E-state index in [9.17, 15) is 0 Å². The summed E-state index contributed by atoms with van der Waals surface area (Å²) in [6.07, 6.45) is 1.81. The van der Waals surface area contributed by atoms with Crippen molar-refractivity contribution in [2.45, 2.75) is 26.7 Å². The molecule has 0 aromatic carbocycles. The highest BCUT2D eigenvalue weighted by Gasteiger charge is 2.10. The maximum absolute atomic E-state index is 5.11. The smallest absolute Gasteiger partial charge is 0.159 e. The third-order valence-corrected chi connectivity index (χ3v) is 1.74. The number of nitrogens with one attached hydrogen (secondary N) is 1. The van der Waals surface area contributed by atoms with Crippen molar-refractivity contribution in [3.8, 4) is 0 Å². The molecule has 3 heteroatoms. The average Bonchev–Trinajstić information content (AvgIpc) is 2.45. The van der Waals surface area contributed by atoms with Gasteiger partial charge in [0.25, 0.3) is 0 Å². The molecule has 1 N–H and O–H groups in total. The molecule has 0 saturated heterocycles. The van der Waals surface area contributed by atoms with Gasteiger partial charge in [-0.25, -0.2) is 0 Å². The Morgan fingerprint density at radius 2 is 2.09 bits per heavy atom. The second-order valence-electron chi connectivity index (χ2n) is 2.38. The Morgan fingerprint density at radius 3 is 2.55 bits per heavy atom. The van der Waals surface area contributed by atoms with E-state index in [4.69, 9.17) is 4.52 Å². The van der Waals surface area contributed by atoms with Gasteiger partial charge in [-0.3, -0.25) is 0 Å². The van der Waals surface area contributed by atoms with E-state index in [0.29, 0.717) is 0 Å². The molecule has 0 aliphatic heterocycles. The number of hydrogen-bond acceptors (Lipinski definition) is 3.